The molecule has 0 aliphatic carbocycles. The highest BCUT2D eigenvalue weighted by molar-refractivity contribution is 7.98. The largest absolute Gasteiger partial charge is 0.325 e. The van der Waals surface area contributed by atoms with E-state index in [2.05, 4.69) is 10.1 Å². The summed E-state index contributed by atoms with van der Waals surface area (Å²) in [6, 6.07) is 11.3. The Morgan fingerprint density at radius 1 is 1.35 bits per heavy atom. The van der Waals surface area contributed by atoms with Crippen molar-refractivity contribution in [3.63, 3.8) is 0 Å². The maximum absolute atomic E-state index is 13.1. The fourth-order valence-corrected chi connectivity index (χ4v) is 4.19. The minimum absolute atomic E-state index is 0.0211. The van der Waals surface area contributed by atoms with Gasteiger partial charge in [0.05, 0.1) is 21.7 Å². The van der Waals surface area contributed by atoms with Crippen LogP contribution in [-0.2, 0) is 4.79 Å². The Morgan fingerprint density at radius 3 is 2.77 bits per heavy atom. The van der Waals surface area contributed by atoms with Crippen molar-refractivity contribution in [2.75, 3.05) is 11.2 Å². The minimum atomic E-state index is -0.901. The minimum Gasteiger partial charge on any atom is -0.291 e. The van der Waals surface area contributed by atoms with Crippen molar-refractivity contribution < 1.29 is 14.4 Å². The van der Waals surface area contributed by atoms with Gasteiger partial charge in [0.1, 0.15) is 5.02 Å². The van der Waals surface area contributed by atoms with Crippen LogP contribution in [0.1, 0.15) is 25.1 Å². The topological polar surface area (TPSA) is 113 Å². The molecule has 2 aromatic carbocycles. The van der Waals surface area contributed by atoms with E-state index in [-0.39, 0.29) is 34.3 Å². The molecule has 31 heavy (non-hydrogen) atoms. The molecule has 0 bridgehead atoms. The highest BCUT2D eigenvalue weighted by atomic mass is 35.5. The zero-order valence-corrected chi connectivity index (χ0v) is 18.1. The van der Waals surface area contributed by atoms with E-state index in [1.807, 2.05) is 0 Å². The molecule has 9 nitrogen and oxygen atoms in total. The third kappa shape index (κ3) is 3.47. The van der Waals surface area contributed by atoms with Gasteiger partial charge in [-0.25, -0.2) is 4.90 Å². The number of aromatic amines is 1. The predicted molar refractivity (Wildman–Crippen MR) is 116 cm³/mol. The Hall–Kier alpha value is -3.24. The van der Waals surface area contributed by atoms with Gasteiger partial charge >= 0.3 is 11.3 Å². The second kappa shape index (κ2) is 8.12. The number of nitro benzene ring substituents is 1. The molecule has 1 aromatic heterocycles. The molecule has 0 unspecified atom stereocenters. The first-order valence-corrected chi connectivity index (χ1v) is 10.9. The lowest BCUT2D eigenvalue weighted by Gasteiger charge is -2.31. The van der Waals surface area contributed by atoms with Crippen LogP contribution in [0.15, 0.2) is 52.4 Å². The number of hydrogen-bond donors (Lipinski definition) is 1. The number of carbonyl (C=O) groups excluding carboxylic acids is 1. The monoisotopic (exact) mass is 458 g/mol. The van der Waals surface area contributed by atoms with Gasteiger partial charge < -0.3 is 0 Å². The van der Waals surface area contributed by atoms with E-state index >= 15 is 0 Å². The number of nitrogens with zero attached hydrogens (tertiary/aromatic N) is 4. The number of carbonyl (C=O) groups is 1. The van der Waals surface area contributed by atoms with E-state index in [9.17, 15) is 19.7 Å². The lowest BCUT2D eigenvalue weighted by atomic mass is 10.0. The maximum atomic E-state index is 13.1. The van der Waals surface area contributed by atoms with E-state index in [4.69, 9.17) is 11.6 Å². The van der Waals surface area contributed by atoms with Gasteiger partial charge in [0, 0.05) is 17.6 Å². The van der Waals surface area contributed by atoms with Crippen molar-refractivity contribution in [3.05, 3.63) is 73.5 Å². The number of thioether (sulfide) groups is 1. The van der Waals surface area contributed by atoms with Gasteiger partial charge in [0.25, 0.3) is 11.9 Å². The van der Waals surface area contributed by atoms with Crippen molar-refractivity contribution in [2.45, 2.75) is 24.7 Å². The molecule has 0 saturated heterocycles. The first-order chi connectivity index (χ1) is 14.9. The molecule has 0 fully saturated rings. The lowest BCUT2D eigenvalue weighted by Crippen LogP contribution is -2.60. The van der Waals surface area contributed by atoms with Crippen LogP contribution in [-0.4, -0.2) is 27.2 Å². The molecule has 1 N–H and O–H groups in total. The van der Waals surface area contributed by atoms with Crippen LogP contribution in [0.4, 0.5) is 11.4 Å². The smallest absolute Gasteiger partial charge is 0.291 e. The Bertz CT molecular complexity index is 1280. The predicted octanol–water partition coefficient (Wildman–Crippen LogP) is 3.31. The number of anilines is 1. The Kier molecular flexibility index (Phi) is 5.50. The first kappa shape index (κ1) is 21.0. The van der Waals surface area contributed by atoms with Gasteiger partial charge in [0.15, 0.2) is 0 Å². The Labute approximate surface area is 185 Å². The molecule has 3 aromatic rings. The Balaban J connectivity index is 2.09. The molecule has 0 radical (unpaired) electrons. The second-order valence-electron chi connectivity index (χ2n) is 6.73. The summed E-state index contributed by atoms with van der Waals surface area (Å²) in [5, 5.41) is 16.4. The SMILES string of the molecule is CCC(=O)N1c2ccccc2-c2c(=O)[nH]c(SC)n[n+]2[C@H]1c1ccc(Cl)c([N+](=O)[O-])c1. The number of hydrogen-bond acceptors (Lipinski definition) is 6. The van der Waals surface area contributed by atoms with E-state index in [1.54, 1.807) is 43.5 Å². The lowest BCUT2D eigenvalue weighted by molar-refractivity contribution is -0.763. The highest BCUT2D eigenvalue weighted by Crippen LogP contribution is 2.39. The molecule has 1 atom stereocenters. The molecule has 1 amide bonds. The molecule has 0 spiro atoms. The number of halogens is 1. The van der Waals surface area contributed by atoms with Crippen LogP contribution in [0.5, 0.6) is 0 Å². The van der Waals surface area contributed by atoms with Crippen LogP contribution in [0, 0.1) is 10.1 Å². The fourth-order valence-electron chi connectivity index (χ4n) is 3.63. The maximum Gasteiger partial charge on any atom is 0.325 e. The number of fused-ring (bicyclic) bond motifs is 3. The Morgan fingerprint density at radius 2 is 2.10 bits per heavy atom. The van der Waals surface area contributed by atoms with Gasteiger partial charge in [0.2, 0.25) is 11.1 Å². The third-order valence-electron chi connectivity index (χ3n) is 4.99. The number of nitro groups is 1. The number of nitrogens with one attached hydrogen (secondary N) is 1. The van der Waals surface area contributed by atoms with Crippen molar-refractivity contribution in [1.29, 1.82) is 0 Å². The average Bonchev–Trinajstić information content (AvgIpc) is 2.77. The van der Waals surface area contributed by atoms with E-state index in [0.717, 1.165) is 0 Å². The number of aromatic nitrogens is 3. The number of para-hydroxylation sites is 1. The van der Waals surface area contributed by atoms with E-state index in [0.29, 0.717) is 22.0 Å². The molecule has 1 aliphatic rings. The first-order valence-electron chi connectivity index (χ1n) is 9.32. The number of benzene rings is 2. The standard InChI is InChI=1S/C20H16ClN5O4S/c1-3-16(27)24-14-7-5-4-6-12(14)17-18(28)22-20(31-2)23-25(17)19(24)11-8-9-13(21)15(10-11)26(29)30/h4-10,19H,3H2,1-2H3/p+1/t19-/m0/s1. The molecule has 2 heterocycles. The van der Waals surface area contributed by atoms with Crippen LogP contribution >= 0.6 is 23.4 Å². The molecule has 1 aliphatic heterocycles. The molecule has 11 heteroatoms. The van der Waals surface area contributed by atoms with Crippen LogP contribution < -0.4 is 15.1 Å². The zero-order chi connectivity index (χ0) is 22.3. The summed E-state index contributed by atoms with van der Waals surface area (Å²) in [6.07, 6.45) is 1.05. The van der Waals surface area contributed by atoms with Crippen molar-refractivity contribution >= 4 is 40.6 Å². The summed E-state index contributed by atoms with van der Waals surface area (Å²) in [7, 11) is 0. The summed E-state index contributed by atoms with van der Waals surface area (Å²) >= 11 is 7.25. The van der Waals surface area contributed by atoms with Crippen LogP contribution in [0.25, 0.3) is 11.3 Å². The average molecular weight is 459 g/mol. The number of H-pyrrole nitrogens is 1. The van der Waals surface area contributed by atoms with E-state index in [1.165, 1.54) is 33.5 Å². The number of amides is 1. The fraction of sp³-hybridized carbons (Fsp3) is 0.200. The van der Waals surface area contributed by atoms with Gasteiger partial charge in [-0.3, -0.25) is 24.7 Å². The molecular formula is C20H17ClN5O4S+. The van der Waals surface area contributed by atoms with Gasteiger partial charge in [-0.05, 0) is 35.2 Å². The highest BCUT2D eigenvalue weighted by Gasteiger charge is 2.45. The summed E-state index contributed by atoms with van der Waals surface area (Å²) in [6.45, 7) is 1.73. The van der Waals surface area contributed by atoms with Gasteiger partial charge in [-0.2, -0.15) is 0 Å². The van der Waals surface area contributed by atoms with Crippen molar-refractivity contribution in [2.24, 2.45) is 0 Å². The number of rotatable bonds is 4. The van der Waals surface area contributed by atoms with Crippen LogP contribution in [0.2, 0.25) is 5.02 Å². The molecule has 4 rings (SSSR count). The third-order valence-corrected chi connectivity index (χ3v) is 5.88. The normalized spacial score (nSPS) is 14.7. The van der Waals surface area contributed by atoms with Gasteiger partial charge in [-0.15, -0.1) is 0 Å². The molecule has 158 valence electrons. The molecule has 0 saturated carbocycles. The quantitative estimate of drug-likeness (QED) is 0.278. The van der Waals surface area contributed by atoms with Crippen LogP contribution in [0.3, 0.4) is 0 Å². The zero-order valence-electron chi connectivity index (χ0n) is 16.5. The second-order valence-corrected chi connectivity index (χ2v) is 7.93. The van der Waals surface area contributed by atoms with Crippen molar-refractivity contribution in [1.82, 2.24) is 10.1 Å². The van der Waals surface area contributed by atoms with Crippen molar-refractivity contribution in [3.8, 4) is 11.3 Å². The summed E-state index contributed by atoms with van der Waals surface area (Å²) in [5.41, 5.74) is 1.08. The summed E-state index contributed by atoms with van der Waals surface area (Å²) in [4.78, 5) is 41.2. The summed E-state index contributed by atoms with van der Waals surface area (Å²) in [5.74, 6) is -0.221. The van der Waals surface area contributed by atoms with E-state index < -0.39 is 11.1 Å². The van der Waals surface area contributed by atoms with Gasteiger partial charge in [-0.1, -0.05) is 42.4 Å². The summed E-state index contributed by atoms with van der Waals surface area (Å²) < 4.78 is 1.45. The molecular weight excluding hydrogens is 442 g/mol.